The number of amides is 2. The van der Waals surface area contributed by atoms with E-state index in [1.807, 2.05) is 0 Å². The fourth-order valence-electron chi connectivity index (χ4n) is 2.41. The standard InChI is InChI=1S/C16H11Cl2FN2O2/c17-10-6-5-9(7-11(10)18)21-15(22)8-14(16(21)23)20-13-4-2-1-3-12(13)19/h1-7,14,20H,8H2/t14-/m1/s1. The summed E-state index contributed by atoms with van der Waals surface area (Å²) in [5.74, 6) is -1.33. The molecule has 0 radical (unpaired) electrons. The summed E-state index contributed by atoms with van der Waals surface area (Å²) in [6.07, 6.45) is -0.0621. The maximum Gasteiger partial charge on any atom is 0.256 e. The Morgan fingerprint density at radius 2 is 1.83 bits per heavy atom. The van der Waals surface area contributed by atoms with Crippen LogP contribution < -0.4 is 10.2 Å². The second-order valence-corrected chi connectivity index (χ2v) is 5.86. The van der Waals surface area contributed by atoms with Crippen molar-refractivity contribution in [1.82, 2.24) is 0 Å². The number of para-hydroxylation sites is 1. The van der Waals surface area contributed by atoms with Gasteiger partial charge in [-0.15, -0.1) is 0 Å². The van der Waals surface area contributed by atoms with Crippen molar-refractivity contribution in [3.63, 3.8) is 0 Å². The summed E-state index contributed by atoms with van der Waals surface area (Å²) in [6.45, 7) is 0. The van der Waals surface area contributed by atoms with E-state index in [0.717, 1.165) is 4.90 Å². The van der Waals surface area contributed by atoms with E-state index in [1.54, 1.807) is 12.1 Å². The van der Waals surface area contributed by atoms with Crippen molar-refractivity contribution in [3.05, 3.63) is 58.3 Å². The summed E-state index contributed by atoms with van der Waals surface area (Å²) in [6, 6.07) is 9.65. The predicted octanol–water partition coefficient (Wildman–Crippen LogP) is 3.88. The number of nitrogens with one attached hydrogen (secondary N) is 1. The minimum Gasteiger partial charge on any atom is -0.371 e. The molecule has 0 aliphatic carbocycles. The number of anilines is 2. The van der Waals surface area contributed by atoms with E-state index >= 15 is 0 Å². The van der Waals surface area contributed by atoms with Gasteiger partial charge in [0.15, 0.2) is 0 Å². The fraction of sp³-hybridized carbons (Fsp3) is 0.125. The zero-order chi connectivity index (χ0) is 16.6. The van der Waals surface area contributed by atoms with Crippen LogP contribution in [0.3, 0.4) is 0 Å². The number of rotatable bonds is 3. The first-order valence-electron chi connectivity index (χ1n) is 6.80. The molecule has 0 spiro atoms. The van der Waals surface area contributed by atoms with Gasteiger partial charge in [-0.05, 0) is 30.3 Å². The Hall–Kier alpha value is -2.11. The van der Waals surface area contributed by atoms with Gasteiger partial charge in [-0.1, -0.05) is 35.3 Å². The summed E-state index contributed by atoms with van der Waals surface area (Å²) in [5.41, 5.74) is 0.516. The number of hydrogen-bond donors (Lipinski definition) is 1. The molecule has 4 nitrogen and oxygen atoms in total. The van der Waals surface area contributed by atoms with Gasteiger partial charge >= 0.3 is 0 Å². The topological polar surface area (TPSA) is 49.4 Å². The molecule has 1 aliphatic heterocycles. The van der Waals surface area contributed by atoms with Crippen molar-refractivity contribution < 1.29 is 14.0 Å². The quantitative estimate of drug-likeness (QED) is 0.852. The Bertz CT molecular complexity index is 797. The van der Waals surface area contributed by atoms with Crippen molar-refractivity contribution in [2.24, 2.45) is 0 Å². The summed E-state index contributed by atoms with van der Waals surface area (Å²) in [4.78, 5) is 25.7. The van der Waals surface area contributed by atoms with Crippen molar-refractivity contribution in [2.45, 2.75) is 12.5 Å². The van der Waals surface area contributed by atoms with Crippen LogP contribution in [0.25, 0.3) is 0 Å². The van der Waals surface area contributed by atoms with Gasteiger partial charge in [0.25, 0.3) is 5.91 Å². The van der Waals surface area contributed by atoms with Crippen molar-refractivity contribution in [1.29, 1.82) is 0 Å². The van der Waals surface area contributed by atoms with E-state index in [0.29, 0.717) is 10.7 Å². The highest BCUT2D eigenvalue weighted by atomic mass is 35.5. The van der Waals surface area contributed by atoms with Crippen LogP contribution in [-0.4, -0.2) is 17.9 Å². The van der Waals surface area contributed by atoms with Crippen molar-refractivity contribution in [2.75, 3.05) is 10.2 Å². The van der Waals surface area contributed by atoms with Gasteiger partial charge in [0.2, 0.25) is 5.91 Å². The molecule has 1 fully saturated rings. The lowest BCUT2D eigenvalue weighted by Crippen LogP contribution is -2.35. The Labute approximate surface area is 141 Å². The molecule has 118 valence electrons. The predicted molar refractivity (Wildman–Crippen MR) is 87.4 cm³/mol. The molecule has 0 aromatic heterocycles. The summed E-state index contributed by atoms with van der Waals surface area (Å²) < 4.78 is 13.7. The molecule has 1 N–H and O–H groups in total. The van der Waals surface area contributed by atoms with E-state index in [9.17, 15) is 14.0 Å². The maximum absolute atomic E-state index is 13.7. The average Bonchev–Trinajstić information content (AvgIpc) is 2.79. The zero-order valence-electron chi connectivity index (χ0n) is 11.7. The third-order valence-corrected chi connectivity index (χ3v) is 4.25. The molecule has 2 aromatic rings. The van der Waals surface area contributed by atoms with Crippen LogP contribution in [0.1, 0.15) is 6.42 Å². The Balaban J connectivity index is 1.85. The Morgan fingerprint density at radius 3 is 2.52 bits per heavy atom. The smallest absolute Gasteiger partial charge is 0.256 e. The van der Waals surface area contributed by atoms with Crippen LogP contribution >= 0.6 is 23.2 Å². The van der Waals surface area contributed by atoms with Gasteiger partial charge in [0, 0.05) is 0 Å². The Kier molecular flexibility index (Phi) is 4.24. The highest BCUT2D eigenvalue weighted by Crippen LogP contribution is 2.31. The van der Waals surface area contributed by atoms with Gasteiger partial charge in [-0.25, -0.2) is 9.29 Å². The van der Waals surface area contributed by atoms with Crippen LogP contribution in [0.5, 0.6) is 0 Å². The maximum atomic E-state index is 13.7. The van der Waals surface area contributed by atoms with Gasteiger partial charge in [0.1, 0.15) is 11.9 Å². The summed E-state index contributed by atoms with van der Waals surface area (Å²) in [7, 11) is 0. The number of imide groups is 1. The molecule has 7 heteroatoms. The number of carbonyl (C=O) groups is 2. The lowest BCUT2D eigenvalue weighted by Gasteiger charge is -2.16. The zero-order valence-corrected chi connectivity index (χ0v) is 13.2. The van der Waals surface area contributed by atoms with E-state index in [2.05, 4.69) is 5.32 Å². The molecule has 0 saturated carbocycles. The highest BCUT2D eigenvalue weighted by Gasteiger charge is 2.40. The first-order valence-corrected chi connectivity index (χ1v) is 7.56. The SMILES string of the molecule is O=C1C[C@@H](Nc2ccccc2F)C(=O)N1c1ccc(Cl)c(Cl)c1. The number of carbonyl (C=O) groups excluding carboxylic acids is 2. The normalized spacial score (nSPS) is 17.7. The molecule has 1 aliphatic rings. The summed E-state index contributed by atoms with van der Waals surface area (Å²) in [5, 5.41) is 3.34. The molecule has 3 rings (SSSR count). The third kappa shape index (κ3) is 3.02. The van der Waals surface area contributed by atoms with Gasteiger partial charge in [-0.2, -0.15) is 0 Å². The second-order valence-electron chi connectivity index (χ2n) is 5.05. The van der Waals surface area contributed by atoms with Crippen LogP contribution in [0, 0.1) is 5.82 Å². The van der Waals surface area contributed by atoms with Gasteiger partial charge in [-0.3, -0.25) is 9.59 Å². The second kappa shape index (κ2) is 6.18. The minimum atomic E-state index is -0.825. The molecule has 1 saturated heterocycles. The minimum absolute atomic E-state index is 0.0621. The number of halogens is 3. The molecule has 0 unspecified atom stereocenters. The number of nitrogens with zero attached hydrogens (tertiary/aromatic N) is 1. The third-order valence-electron chi connectivity index (χ3n) is 3.51. The first-order chi connectivity index (χ1) is 11.0. The van der Waals surface area contributed by atoms with E-state index in [-0.39, 0.29) is 23.0 Å². The summed E-state index contributed by atoms with van der Waals surface area (Å²) >= 11 is 11.8. The Morgan fingerprint density at radius 1 is 1.09 bits per heavy atom. The lowest BCUT2D eigenvalue weighted by molar-refractivity contribution is -0.121. The molecule has 0 bridgehead atoms. The highest BCUT2D eigenvalue weighted by molar-refractivity contribution is 6.42. The van der Waals surface area contributed by atoms with E-state index in [4.69, 9.17) is 23.2 Å². The molecular weight excluding hydrogens is 342 g/mol. The van der Waals surface area contributed by atoms with E-state index < -0.39 is 17.8 Å². The fourth-order valence-corrected chi connectivity index (χ4v) is 2.70. The molecular formula is C16H11Cl2FN2O2. The molecule has 1 heterocycles. The van der Waals surface area contributed by atoms with E-state index in [1.165, 1.54) is 30.3 Å². The van der Waals surface area contributed by atoms with Crippen molar-refractivity contribution >= 4 is 46.4 Å². The molecule has 23 heavy (non-hydrogen) atoms. The van der Waals surface area contributed by atoms with Crippen LogP contribution in [0.4, 0.5) is 15.8 Å². The van der Waals surface area contributed by atoms with Gasteiger partial charge in [0.05, 0.1) is 27.8 Å². The van der Waals surface area contributed by atoms with Crippen LogP contribution in [0.15, 0.2) is 42.5 Å². The van der Waals surface area contributed by atoms with Gasteiger partial charge < -0.3 is 5.32 Å². The van der Waals surface area contributed by atoms with Crippen LogP contribution in [0.2, 0.25) is 10.0 Å². The van der Waals surface area contributed by atoms with Crippen molar-refractivity contribution in [3.8, 4) is 0 Å². The first kappa shape index (κ1) is 15.8. The molecule has 2 amide bonds. The molecule has 1 atom stereocenters. The monoisotopic (exact) mass is 352 g/mol. The number of hydrogen-bond acceptors (Lipinski definition) is 3. The lowest BCUT2D eigenvalue weighted by atomic mass is 10.2. The average molecular weight is 353 g/mol. The molecule has 2 aromatic carbocycles. The largest absolute Gasteiger partial charge is 0.371 e. The number of benzene rings is 2. The van der Waals surface area contributed by atoms with Crippen LogP contribution in [-0.2, 0) is 9.59 Å².